The van der Waals surface area contributed by atoms with E-state index in [4.69, 9.17) is 0 Å². The van der Waals surface area contributed by atoms with E-state index in [0.29, 0.717) is 13.0 Å². The fourth-order valence-corrected chi connectivity index (χ4v) is 2.67. The molecule has 0 unspecified atom stereocenters. The topological polar surface area (TPSA) is 49.4 Å². The first-order valence-electron chi connectivity index (χ1n) is 8.15. The van der Waals surface area contributed by atoms with Crippen molar-refractivity contribution >= 4 is 23.2 Å². The second kappa shape index (κ2) is 7.77. The van der Waals surface area contributed by atoms with Crippen LogP contribution in [0.3, 0.4) is 0 Å². The predicted molar refractivity (Wildman–Crippen MR) is 98.4 cm³/mol. The lowest BCUT2D eigenvalue weighted by molar-refractivity contribution is -0.118. The summed E-state index contributed by atoms with van der Waals surface area (Å²) in [6.07, 6.45) is 0.335. The van der Waals surface area contributed by atoms with Crippen LogP contribution in [0.15, 0.2) is 42.5 Å². The fourth-order valence-electron chi connectivity index (χ4n) is 2.67. The zero-order chi connectivity index (χ0) is 17.7. The van der Waals surface area contributed by atoms with Gasteiger partial charge in [-0.15, -0.1) is 0 Å². The minimum absolute atomic E-state index is 0.0680. The van der Waals surface area contributed by atoms with E-state index < -0.39 is 0 Å². The Balaban J connectivity index is 2.14. The summed E-state index contributed by atoms with van der Waals surface area (Å²) >= 11 is 0. The van der Waals surface area contributed by atoms with Gasteiger partial charge in [0, 0.05) is 24.8 Å². The van der Waals surface area contributed by atoms with Crippen molar-refractivity contribution in [2.45, 2.75) is 34.1 Å². The maximum Gasteiger partial charge on any atom is 0.231 e. The van der Waals surface area contributed by atoms with Crippen molar-refractivity contribution < 1.29 is 9.59 Å². The molecule has 2 aromatic rings. The number of anilines is 2. The number of likely N-dealkylation sites (N-methyl/N-ethyl adjacent to an activating group) is 1. The highest BCUT2D eigenvalue weighted by molar-refractivity contribution is 5.95. The Kier molecular flexibility index (Phi) is 5.74. The van der Waals surface area contributed by atoms with Crippen molar-refractivity contribution in [3.8, 4) is 0 Å². The molecule has 2 amide bonds. The summed E-state index contributed by atoms with van der Waals surface area (Å²) in [5, 5.41) is 2.72. The van der Waals surface area contributed by atoms with Gasteiger partial charge >= 0.3 is 0 Å². The number of rotatable bonds is 5. The maximum absolute atomic E-state index is 12.7. The first-order valence-corrected chi connectivity index (χ1v) is 8.15. The van der Waals surface area contributed by atoms with Gasteiger partial charge in [0.15, 0.2) is 0 Å². The third kappa shape index (κ3) is 4.44. The average Bonchev–Trinajstić information content (AvgIpc) is 2.53. The van der Waals surface area contributed by atoms with Crippen LogP contribution < -0.4 is 10.2 Å². The molecule has 0 aliphatic heterocycles. The minimum atomic E-state index is -0.106. The SMILES string of the molecule is CCN(C(=O)Cc1ccc(NC(C)=O)cc1)c1cc(C)ccc1C. The van der Waals surface area contributed by atoms with Crippen LogP contribution in [0.2, 0.25) is 0 Å². The van der Waals surface area contributed by atoms with Crippen LogP contribution in [-0.2, 0) is 16.0 Å². The van der Waals surface area contributed by atoms with E-state index >= 15 is 0 Å². The number of carbonyl (C=O) groups is 2. The van der Waals surface area contributed by atoms with E-state index in [1.54, 1.807) is 0 Å². The molecule has 0 aromatic heterocycles. The molecule has 0 atom stereocenters. The van der Waals surface area contributed by atoms with E-state index in [1.807, 2.05) is 56.0 Å². The highest BCUT2D eigenvalue weighted by atomic mass is 16.2. The zero-order valence-corrected chi connectivity index (χ0v) is 14.7. The lowest BCUT2D eigenvalue weighted by atomic mass is 10.1. The molecular weight excluding hydrogens is 300 g/mol. The van der Waals surface area contributed by atoms with Gasteiger partial charge in [-0.05, 0) is 55.7 Å². The molecule has 4 heteroatoms. The monoisotopic (exact) mass is 324 g/mol. The van der Waals surface area contributed by atoms with Crippen LogP contribution in [0, 0.1) is 13.8 Å². The predicted octanol–water partition coefficient (Wildman–Crippen LogP) is 3.86. The van der Waals surface area contributed by atoms with Crippen LogP contribution in [0.4, 0.5) is 11.4 Å². The van der Waals surface area contributed by atoms with Crippen LogP contribution >= 0.6 is 0 Å². The summed E-state index contributed by atoms with van der Waals surface area (Å²) in [5.41, 5.74) is 4.87. The van der Waals surface area contributed by atoms with Crippen LogP contribution in [0.5, 0.6) is 0 Å². The maximum atomic E-state index is 12.7. The standard InChI is InChI=1S/C20H24N2O2/c1-5-22(19-12-14(2)6-7-15(19)3)20(24)13-17-8-10-18(11-9-17)21-16(4)23/h6-12H,5,13H2,1-4H3,(H,21,23). The van der Waals surface area contributed by atoms with Crippen LogP contribution in [0.1, 0.15) is 30.5 Å². The first-order chi connectivity index (χ1) is 11.4. The van der Waals surface area contributed by atoms with Crippen molar-refractivity contribution in [1.29, 1.82) is 0 Å². The number of nitrogens with one attached hydrogen (secondary N) is 1. The Morgan fingerprint density at radius 1 is 1.04 bits per heavy atom. The van der Waals surface area contributed by atoms with Gasteiger partial charge < -0.3 is 10.2 Å². The number of carbonyl (C=O) groups excluding carboxylic acids is 2. The summed E-state index contributed by atoms with van der Waals surface area (Å²) < 4.78 is 0. The molecule has 2 rings (SSSR count). The van der Waals surface area contributed by atoms with Gasteiger partial charge in [0.25, 0.3) is 0 Å². The molecule has 0 aliphatic carbocycles. The number of amides is 2. The molecule has 0 saturated carbocycles. The van der Waals surface area contributed by atoms with Crippen molar-refractivity contribution in [1.82, 2.24) is 0 Å². The molecule has 0 fully saturated rings. The molecule has 0 bridgehead atoms. The summed E-state index contributed by atoms with van der Waals surface area (Å²) in [5.74, 6) is -0.0376. The van der Waals surface area contributed by atoms with Gasteiger partial charge in [0.2, 0.25) is 11.8 Å². The molecule has 4 nitrogen and oxygen atoms in total. The second-order valence-electron chi connectivity index (χ2n) is 5.98. The Labute approximate surface area is 143 Å². The molecule has 2 aromatic carbocycles. The summed E-state index contributed by atoms with van der Waals surface area (Å²) in [6.45, 7) is 8.14. The largest absolute Gasteiger partial charge is 0.326 e. The zero-order valence-electron chi connectivity index (χ0n) is 14.7. The molecule has 0 aliphatic rings. The average molecular weight is 324 g/mol. The quantitative estimate of drug-likeness (QED) is 0.908. The third-order valence-corrected chi connectivity index (χ3v) is 3.90. The van der Waals surface area contributed by atoms with Crippen molar-refractivity contribution in [3.63, 3.8) is 0 Å². The molecule has 126 valence electrons. The number of hydrogen-bond acceptors (Lipinski definition) is 2. The van der Waals surface area contributed by atoms with Crippen LogP contribution in [0.25, 0.3) is 0 Å². The summed E-state index contributed by atoms with van der Waals surface area (Å²) in [7, 11) is 0. The van der Waals surface area contributed by atoms with Crippen molar-refractivity contribution in [2.75, 3.05) is 16.8 Å². The number of hydrogen-bond donors (Lipinski definition) is 1. The minimum Gasteiger partial charge on any atom is -0.326 e. The van der Waals surface area contributed by atoms with Crippen molar-refractivity contribution in [2.24, 2.45) is 0 Å². The third-order valence-electron chi connectivity index (χ3n) is 3.90. The van der Waals surface area contributed by atoms with Gasteiger partial charge in [-0.3, -0.25) is 9.59 Å². The first kappa shape index (κ1) is 17.7. The fraction of sp³-hybridized carbons (Fsp3) is 0.300. The van der Waals surface area contributed by atoms with Gasteiger partial charge in [-0.25, -0.2) is 0 Å². The molecular formula is C20H24N2O2. The number of benzene rings is 2. The van der Waals surface area contributed by atoms with Crippen molar-refractivity contribution in [3.05, 3.63) is 59.2 Å². The molecule has 0 saturated heterocycles. The lowest BCUT2D eigenvalue weighted by Gasteiger charge is -2.23. The van der Waals surface area contributed by atoms with Gasteiger partial charge in [0.1, 0.15) is 0 Å². The molecule has 0 radical (unpaired) electrons. The highest BCUT2D eigenvalue weighted by Crippen LogP contribution is 2.22. The second-order valence-corrected chi connectivity index (χ2v) is 5.98. The van der Waals surface area contributed by atoms with E-state index in [2.05, 4.69) is 17.4 Å². The highest BCUT2D eigenvalue weighted by Gasteiger charge is 2.16. The van der Waals surface area contributed by atoms with E-state index in [9.17, 15) is 9.59 Å². The number of aryl methyl sites for hydroxylation is 2. The normalized spacial score (nSPS) is 10.3. The van der Waals surface area contributed by atoms with E-state index in [-0.39, 0.29) is 11.8 Å². The van der Waals surface area contributed by atoms with Gasteiger partial charge in [-0.2, -0.15) is 0 Å². The van der Waals surface area contributed by atoms with E-state index in [0.717, 1.165) is 28.1 Å². The number of nitrogens with zero attached hydrogens (tertiary/aromatic N) is 1. The van der Waals surface area contributed by atoms with Gasteiger partial charge in [-0.1, -0.05) is 24.3 Å². The molecule has 0 spiro atoms. The Bertz CT molecular complexity index is 736. The summed E-state index contributed by atoms with van der Waals surface area (Å²) in [6, 6.07) is 13.5. The van der Waals surface area contributed by atoms with Crippen LogP contribution in [-0.4, -0.2) is 18.4 Å². The Hall–Kier alpha value is -2.62. The Morgan fingerprint density at radius 2 is 1.71 bits per heavy atom. The molecule has 1 N–H and O–H groups in total. The van der Waals surface area contributed by atoms with Gasteiger partial charge in [0.05, 0.1) is 6.42 Å². The van der Waals surface area contributed by atoms with E-state index in [1.165, 1.54) is 6.92 Å². The molecule has 0 heterocycles. The Morgan fingerprint density at radius 3 is 2.29 bits per heavy atom. The lowest BCUT2D eigenvalue weighted by Crippen LogP contribution is -2.32. The smallest absolute Gasteiger partial charge is 0.231 e. The molecule has 24 heavy (non-hydrogen) atoms. The summed E-state index contributed by atoms with van der Waals surface area (Å²) in [4.78, 5) is 25.6.